The molecule has 5 rings (SSSR count). The second-order valence-corrected chi connectivity index (χ2v) is 9.81. The molecule has 3 heterocycles. The van der Waals surface area contributed by atoms with Crippen LogP contribution in [0.3, 0.4) is 0 Å². The van der Waals surface area contributed by atoms with Crippen LogP contribution in [0, 0.1) is 10.1 Å². The van der Waals surface area contributed by atoms with E-state index in [4.69, 9.17) is 14.5 Å². The number of hydrogen-bond acceptors (Lipinski definition) is 11. The second kappa shape index (κ2) is 13.0. The second-order valence-electron chi connectivity index (χ2n) is 9.81. The highest BCUT2D eigenvalue weighted by Gasteiger charge is 2.20. The summed E-state index contributed by atoms with van der Waals surface area (Å²) >= 11 is 0. The van der Waals surface area contributed by atoms with Crippen molar-refractivity contribution in [3.63, 3.8) is 0 Å². The van der Waals surface area contributed by atoms with Crippen LogP contribution in [0.4, 0.5) is 23.5 Å². The molecule has 1 N–H and O–H groups in total. The Morgan fingerprint density at radius 1 is 0.925 bits per heavy atom. The van der Waals surface area contributed by atoms with Crippen molar-refractivity contribution in [2.75, 3.05) is 48.5 Å². The predicted octanol–water partition coefficient (Wildman–Crippen LogP) is 4.79. The average molecular weight is 547 g/mol. The van der Waals surface area contributed by atoms with Gasteiger partial charge in [0, 0.05) is 32.2 Å². The number of piperidine rings is 2. The van der Waals surface area contributed by atoms with Gasteiger partial charge >= 0.3 is 0 Å². The monoisotopic (exact) mass is 546 g/mol. The Morgan fingerprint density at radius 2 is 1.57 bits per heavy atom. The third kappa shape index (κ3) is 6.74. The van der Waals surface area contributed by atoms with E-state index in [1.807, 2.05) is 6.07 Å². The minimum absolute atomic E-state index is 0.0153. The number of nitrogens with one attached hydrogen (secondary N) is 1. The van der Waals surface area contributed by atoms with Gasteiger partial charge in [-0.2, -0.15) is 20.1 Å². The third-order valence-corrected chi connectivity index (χ3v) is 7.03. The number of anilines is 3. The lowest BCUT2D eigenvalue weighted by molar-refractivity contribution is -0.385. The van der Waals surface area contributed by atoms with E-state index in [1.54, 1.807) is 43.7 Å². The lowest BCUT2D eigenvalue weighted by Crippen LogP contribution is -2.34. The van der Waals surface area contributed by atoms with Crippen molar-refractivity contribution in [2.24, 2.45) is 5.10 Å². The molecule has 0 amide bonds. The fraction of sp³-hybridized carbons (Fsp3) is 0.429. The molecule has 210 valence electrons. The van der Waals surface area contributed by atoms with Crippen LogP contribution < -0.4 is 24.7 Å². The number of ether oxygens (including phenoxy) is 2. The SMILES string of the molecule is COc1cc(C=NNc2nc(N3CCCCC3)nc(N3CCCCC3)n2)ccc1OCc1ccccc1[N+](=O)[O-]. The zero-order valence-electron chi connectivity index (χ0n) is 22.7. The predicted molar refractivity (Wildman–Crippen MR) is 154 cm³/mol. The Labute approximate surface area is 233 Å². The zero-order chi connectivity index (χ0) is 27.7. The maximum absolute atomic E-state index is 11.3. The molecule has 2 aliphatic heterocycles. The number of rotatable bonds is 10. The fourth-order valence-corrected chi connectivity index (χ4v) is 4.89. The van der Waals surface area contributed by atoms with E-state index in [9.17, 15) is 10.1 Å². The van der Waals surface area contributed by atoms with Crippen LogP contribution in [0.2, 0.25) is 0 Å². The lowest BCUT2D eigenvalue weighted by Gasteiger charge is -2.30. The first kappa shape index (κ1) is 27.1. The highest BCUT2D eigenvalue weighted by Crippen LogP contribution is 2.30. The van der Waals surface area contributed by atoms with Gasteiger partial charge in [-0.1, -0.05) is 12.1 Å². The molecule has 1 aromatic heterocycles. The molecule has 2 aliphatic rings. The number of benzene rings is 2. The molecule has 0 saturated carbocycles. The van der Waals surface area contributed by atoms with E-state index in [1.165, 1.54) is 18.9 Å². The molecule has 0 atom stereocenters. The summed E-state index contributed by atoms with van der Waals surface area (Å²) < 4.78 is 11.3. The molecular formula is C28H34N8O4. The van der Waals surface area contributed by atoms with Gasteiger partial charge in [-0.05, 0) is 68.4 Å². The van der Waals surface area contributed by atoms with E-state index < -0.39 is 4.92 Å². The van der Waals surface area contributed by atoms with Crippen LogP contribution in [0.5, 0.6) is 11.5 Å². The van der Waals surface area contributed by atoms with Gasteiger partial charge in [0.05, 0.1) is 23.8 Å². The summed E-state index contributed by atoms with van der Waals surface area (Å²) in [4.78, 5) is 29.4. The van der Waals surface area contributed by atoms with Crippen LogP contribution in [0.15, 0.2) is 47.6 Å². The van der Waals surface area contributed by atoms with E-state index in [-0.39, 0.29) is 12.3 Å². The van der Waals surface area contributed by atoms with Gasteiger partial charge in [-0.25, -0.2) is 5.43 Å². The maximum atomic E-state index is 11.3. The first-order valence-electron chi connectivity index (χ1n) is 13.7. The van der Waals surface area contributed by atoms with Crippen molar-refractivity contribution in [3.8, 4) is 11.5 Å². The molecule has 2 aromatic carbocycles. The Hall–Kier alpha value is -4.48. The number of para-hydroxylation sites is 1. The number of aromatic nitrogens is 3. The van der Waals surface area contributed by atoms with Crippen molar-refractivity contribution >= 4 is 29.7 Å². The van der Waals surface area contributed by atoms with Crippen molar-refractivity contribution in [2.45, 2.75) is 45.1 Å². The Bertz CT molecular complexity index is 1300. The molecule has 0 aliphatic carbocycles. The third-order valence-electron chi connectivity index (χ3n) is 7.03. The maximum Gasteiger partial charge on any atom is 0.276 e. The van der Waals surface area contributed by atoms with Crippen molar-refractivity contribution in [3.05, 3.63) is 63.7 Å². The Balaban J connectivity index is 1.29. The number of hydrogen-bond donors (Lipinski definition) is 1. The van der Waals surface area contributed by atoms with Gasteiger partial charge in [-0.3, -0.25) is 10.1 Å². The van der Waals surface area contributed by atoms with Gasteiger partial charge in [0.15, 0.2) is 11.5 Å². The molecule has 2 saturated heterocycles. The van der Waals surface area contributed by atoms with Crippen LogP contribution in [-0.4, -0.2) is 59.4 Å². The minimum Gasteiger partial charge on any atom is -0.493 e. The number of nitrogens with zero attached hydrogens (tertiary/aromatic N) is 7. The first-order chi connectivity index (χ1) is 19.6. The molecule has 0 bridgehead atoms. The Morgan fingerprint density at radius 3 is 2.20 bits per heavy atom. The van der Waals surface area contributed by atoms with Crippen molar-refractivity contribution in [1.29, 1.82) is 0 Å². The summed E-state index contributed by atoms with van der Waals surface area (Å²) in [5, 5.41) is 15.7. The number of nitro benzene ring substituents is 1. The molecule has 3 aromatic rings. The van der Waals surface area contributed by atoms with Crippen LogP contribution in [0.1, 0.15) is 49.7 Å². The van der Waals surface area contributed by atoms with Crippen LogP contribution in [-0.2, 0) is 6.61 Å². The standard InChI is InChI=1S/C28H34N8O4/c1-39-25-18-21(12-13-24(25)40-20-22-10-4-5-11-23(22)36(37)38)19-29-33-26-30-27(34-14-6-2-7-15-34)32-28(31-26)35-16-8-3-9-17-35/h4-5,10-13,18-19H,2-3,6-9,14-17,20H2,1H3,(H,30,31,32,33). The van der Waals surface area contributed by atoms with Gasteiger partial charge in [0.1, 0.15) is 6.61 Å². The van der Waals surface area contributed by atoms with Crippen molar-refractivity contribution in [1.82, 2.24) is 15.0 Å². The summed E-state index contributed by atoms with van der Waals surface area (Å²) in [6.07, 6.45) is 8.65. The molecular weight excluding hydrogens is 512 g/mol. The molecule has 2 fully saturated rings. The molecule has 0 unspecified atom stereocenters. The van der Waals surface area contributed by atoms with Gasteiger partial charge in [0.25, 0.3) is 5.69 Å². The number of hydrazone groups is 1. The minimum atomic E-state index is -0.417. The van der Waals surface area contributed by atoms with Gasteiger partial charge < -0.3 is 19.3 Å². The summed E-state index contributed by atoms with van der Waals surface area (Å²) in [6, 6.07) is 11.9. The van der Waals surface area contributed by atoms with Gasteiger partial charge in [0.2, 0.25) is 17.8 Å². The van der Waals surface area contributed by atoms with E-state index in [0.717, 1.165) is 57.4 Å². The average Bonchev–Trinajstić information content (AvgIpc) is 3.01. The smallest absolute Gasteiger partial charge is 0.276 e. The Kier molecular flexibility index (Phi) is 8.84. The molecule has 0 spiro atoms. The van der Waals surface area contributed by atoms with E-state index >= 15 is 0 Å². The lowest BCUT2D eigenvalue weighted by atomic mass is 10.1. The van der Waals surface area contributed by atoms with Crippen LogP contribution >= 0.6 is 0 Å². The summed E-state index contributed by atoms with van der Waals surface area (Å²) in [6.45, 7) is 3.81. The van der Waals surface area contributed by atoms with Gasteiger partial charge in [-0.15, -0.1) is 0 Å². The fourth-order valence-electron chi connectivity index (χ4n) is 4.89. The molecule has 12 nitrogen and oxygen atoms in total. The van der Waals surface area contributed by atoms with E-state index in [2.05, 4.69) is 30.3 Å². The van der Waals surface area contributed by atoms with E-state index in [0.29, 0.717) is 34.9 Å². The number of methoxy groups -OCH3 is 1. The first-order valence-corrected chi connectivity index (χ1v) is 13.7. The van der Waals surface area contributed by atoms with Crippen LogP contribution in [0.25, 0.3) is 0 Å². The topological polar surface area (TPSA) is 131 Å². The number of nitro groups is 1. The normalized spacial score (nSPS) is 15.7. The quantitative estimate of drug-likeness (QED) is 0.215. The summed E-state index contributed by atoms with van der Waals surface area (Å²) in [5.74, 6) is 2.75. The molecule has 40 heavy (non-hydrogen) atoms. The molecule has 0 radical (unpaired) electrons. The highest BCUT2D eigenvalue weighted by molar-refractivity contribution is 5.81. The largest absolute Gasteiger partial charge is 0.493 e. The summed E-state index contributed by atoms with van der Waals surface area (Å²) in [7, 11) is 1.54. The summed E-state index contributed by atoms with van der Waals surface area (Å²) in [5.41, 5.74) is 4.25. The molecule has 12 heteroatoms. The highest BCUT2D eigenvalue weighted by atomic mass is 16.6. The zero-order valence-corrected chi connectivity index (χ0v) is 22.7. The van der Waals surface area contributed by atoms with Crippen molar-refractivity contribution < 1.29 is 14.4 Å².